The van der Waals surface area contributed by atoms with Crippen molar-refractivity contribution in [1.82, 2.24) is 0 Å². The van der Waals surface area contributed by atoms with Crippen LogP contribution in [0.5, 0.6) is 0 Å². The van der Waals surface area contributed by atoms with Crippen molar-refractivity contribution in [3.8, 4) is 0 Å². The summed E-state index contributed by atoms with van der Waals surface area (Å²) in [6, 6.07) is 0. The highest BCUT2D eigenvalue weighted by atomic mass is 16.5. The highest BCUT2D eigenvalue weighted by Gasteiger charge is 2.71. The number of methoxy groups -OCH3 is 2. The van der Waals surface area contributed by atoms with E-state index in [2.05, 4.69) is 54.2 Å². The molecule has 0 saturated heterocycles. The zero-order chi connectivity index (χ0) is 33.9. The monoisotopic (exact) mass is 638 g/mol. The number of allylic oxidation sites excluding steroid dienone is 2. The van der Waals surface area contributed by atoms with Crippen LogP contribution in [0.3, 0.4) is 0 Å². The van der Waals surface area contributed by atoms with Crippen LogP contribution in [0.25, 0.3) is 0 Å². The van der Waals surface area contributed by atoms with Crippen molar-refractivity contribution in [2.75, 3.05) is 14.2 Å². The molecular formula is C41H66O5. The Balaban J connectivity index is 1.38. The predicted octanol–water partition coefficient (Wildman–Crippen LogP) is 10.1. The molecule has 260 valence electrons. The summed E-state index contributed by atoms with van der Waals surface area (Å²) in [5.74, 6) is 2.82. The van der Waals surface area contributed by atoms with Crippen molar-refractivity contribution in [3.05, 3.63) is 24.5 Å². The Morgan fingerprint density at radius 1 is 0.826 bits per heavy atom. The van der Waals surface area contributed by atoms with Crippen LogP contribution in [0.2, 0.25) is 0 Å². The Hall–Kier alpha value is -1.78. The first-order valence-corrected chi connectivity index (χ1v) is 18.5. The zero-order valence-corrected chi connectivity index (χ0v) is 31.1. The van der Waals surface area contributed by atoms with E-state index in [0.29, 0.717) is 39.9 Å². The molecule has 0 heterocycles. The molecule has 0 aromatic rings. The molecule has 5 rings (SSSR count). The van der Waals surface area contributed by atoms with Crippen molar-refractivity contribution >= 4 is 11.9 Å². The second kappa shape index (κ2) is 12.3. The summed E-state index contributed by atoms with van der Waals surface area (Å²) in [7, 11) is 3.17. The molecule has 0 radical (unpaired) electrons. The first-order chi connectivity index (χ1) is 21.4. The van der Waals surface area contributed by atoms with Gasteiger partial charge in [-0.05, 0) is 140 Å². The van der Waals surface area contributed by atoms with Gasteiger partial charge in [0, 0.05) is 5.41 Å². The molecule has 46 heavy (non-hydrogen) atoms. The second-order valence-electron chi connectivity index (χ2n) is 18.8. The summed E-state index contributed by atoms with van der Waals surface area (Å²) < 4.78 is 16.6. The molecule has 5 heteroatoms. The number of carbonyl (C=O) groups is 2. The van der Waals surface area contributed by atoms with Crippen molar-refractivity contribution in [3.63, 3.8) is 0 Å². The first kappa shape index (κ1) is 35.5. The Morgan fingerprint density at radius 2 is 1.52 bits per heavy atom. The quantitative estimate of drug-likeness (QED) is 0.143. The molecule has 0 N–H and O–H groups in total. The lowest BCUT2D eigenvalue weighted by Crippen LogP contribution is -2.66. The van der Waals surface area contributed by atoms with E-state index in [0.717, 1.165) is 25.2 Å². The first-order valence-electron chi connectivity index (χ1n) is 18.5. The lowest BCUT2D eigenvalue weighted by molar-refractivity contribution is -0.250. The molecular weight excluding hydrogens is 572 g/mol. The number of hydrogen-bond acceptors (Lipinski definition) is 5. The molecule has 10 atom stereocenters. The summed E-state index contributed by atoms with van der Waals surface area (Å²) in [5.41, 5.74) is 2.05. The normalized spacial score (nSPS) is 43.1. The maximum absolute atomic E-state index is 13.3. The smallest absolute Gasteiger partial charge is 0.306 e. The van der Waals surface area contributed by atoms with Gasteiger partial charge in [0.2, 0.25) is 0 Å². The third kappa shape index (κ3) is 5.60. The highest BCUT2D eigenvalue weighted by Crippen LogP contribution is 2.78. The molecule has 0 aromatic carbocycles. The summed E-state index contributed by atoms with van der Waals surface area (Å²) in [6.45, 7) is 23.5. The van der Waals surface area contributed by atoms with Gasteiger partial charge in [-0.1, -0.05) is 60.6 Å². The van der Waals surface area contributed by atoms with E-state index in [4.69, 9.17) is 14.2 Å². The fourth-order valence-corrected chi connectivity index (χ4v) is 13.3. The molecule has 0 aliphatic heterocycles. The maximum Gasteiger partial charge on any atom is 0.306 e. The van der Waals surface area contributed by atoms with Gasteiger partial charge >= 0.3 is 11.9 Å². The second-order valence-corrected chi connectivity index (χ2v) is 18.8. The third-order valence-electron chi connectivity index (χ3n) is 15.7. The lowest BCUT2D eigenvalue weighted by atomic mass is 9.32. The van der Waals surface area contributed by atoms with E-state index >= 15 is 0 Å². The fourth-order valence-electron chi connectivity index (χ4n) is 13.3. The largest absolute Gasteiger partial charge is 0.505 e. The third-order valence-corrected chi connectivity index (χ3v) is 15.7. The van der Waals surface area contributed by atoms with Gasteiger partial charge in [-0.3, -0.25) is 9.59 Å². The van der Waals surface area contributed by atoms with Gasteiger partial charge in [0.15, 0.2) is 0 Å². The van der Waals surface area contributed by atoms with E-state index in [9.17, 15) is 9.59 Å². The molecule has 5 saturated carbocycles. The standard InChI is InChI=1S/C41H66O5/c1-27(2)28-15-21-41(18-12-24-44-10)23-22-39(8)29(35(28)41)13-14-31-38(7)19-17-32(37(5,6)30(38)16-20-40(31,39)9)46-34(43)26-36(3,4)25-33(42)45-11/h12,24,28-32,35H,1,13-23,25-26H2,2-11H3/b24-12+/t28?,29?,30?,31?,32-,35?,38-,39+,40+,41+/m0/s1. The Bertz CT molecular complexity index is 1220. The molecule has 5 nitrogen and oxygen atoms in total. The van der Waals surface area contributed by atoms with Gasteiger partial charge in [-0.2, -0.15) is 0 Å². The van der Waals surface area contributed by atoms with Gasteiger partial charge in [0.1, 0.15) is 6.10 Å². The van der Waals surface area contributed by atoms with E-state index < -0.39 is 5.41 Å². The topological polar surface area (TPSA) is 61.8 Å². The van der Waals surface area contributed by atoms with Crippen LogP contribution in [0.1, 0.15) is 139 Å². The van der Waals surface area contributed by atoms with Crippen molar-refractivity contribution < 1.29 is 23.8 Å². The fraction of sp³-hybridized carbons (Fsp3) is 0.854. The molecule has 0 amide bonds. The molecule has 5 aliphatic carbocycles. The van der Waals surface area contributed by atoms with E-state index in [1.54, 1.807) is 7.11 Å². The van der Waals surface area contributed by atoms with Gasteiger partial charge < -0.3 is 14.2 Å². The summed E-state index contributed by atoms with van der Waals surface area (Å²) in [4.78, 5) is 25.2. The number of carbonyl (C=O) groups excluding carboxylic acids is 2. The number of rotatable bonds is 9. The van der Waals surface area contributed by atoms with Crippen LogP contribution in [0.15, 0.2) is 24.5 Å². The number of ether oxygens (including phenoxy) is 3. The van der Waals surface area contributed by atoms with Crippen LogP contribution < -0.4 is 0 Å². The Labute approximate surface area is 281 Å². The van der Waals surface area contributed by atoms with Gasteiger partial charge in [-0.15, -0.1) is 0 Å². The molecule has 5 unspecified atom stereocenters. The van der Waals surface area contributed by atoms with E-state index in [1.165, 1.54) is 64.0 Å². The average molecular weight is 639 g/mol. The van der Waals surface area contributed by atoms with Gasteiger partial charge in [-0.25, -0.2) is 0 Å². The lowest BCUT2D eigenvalue weighted by Gasteiger charge is -2.73. The molecule has 0 spiro atoms. The average Bonchev–Trinajstić information content (AvgIpc) is 3.34. The van der Waals surface area contributed by atoms with Crippen molar-refractivity contribution in [2.45, 2.75) is 145 Å². The van der Waals surface area contributed by atoms with Crippen LogP contribution in [-0.2, 0) is 23.8 Å². The molecule has 5 fully saturated rings. The SMILES string of the molecule is C=C(C)C1CC[C@]2(C/C=C/OC)CC[C@]3(C)C(CCC4[C@@]5(C)CC[C@H](OC(=O)CC(C)(C)CC(=O)OC)C(C)(C)C5CC[C@]43C)C12. The molecule has 0 bridgehead atoms. The minimum Gasteiger partial charge on any atom is -0.505 e. The number of esters is 2. The summed E-state index contributed by atoms with van der Waals surface area (Å²) in [6.07, 6.45) is 18.1. The minimum absolute atomic E-state index is 0.0893. The molecule has 5 aliphatic rings. The predicted molar refractivity (Wildman–Crippen MR) is 185 cm³/mol. The van der Waals surface area contributed by atoms with Crippen LogP contribution in [0, 0.1) is 62.1 Å². The van der Waals surface area contributed by atoms with Crippen molar-refractivity contribution in [1.29, 1.82) is 0 Å². The minimum atomic E-state index is -0.488. The van der Waals surface area contributed by atoms with E-state index in [-0.39, 0.29) is 41.7 Å². The summed E-state index contributed by atoms with van der Waals surface area (Å²) in [5, 5.41) is 0. The highest BCUT2D eigenvalue weighted by molar-refractivity contribution is 5.74. The van der Waals surface area contributed by atoms with Crippen LogP contribution in [-0.4, -0.2) is 32.3 Å². The van der Waals surface area contributed by atoms with E-state index in [1.807, 2.05) is 20.1 Å². The Kier molecular flexibility index (Phi) is 9.48. The van der Waals surface area contributed by atoms with Gasteiger partial charge in [0.05, 0.1) is 33.3 Å². The van der Waals surface area contributed by atoms with Crippen LogP contribution >= 0.6 is 0 Å². The maximum atomic E-state index is 13.3. The zero-order valence-electron chi connectivity index (χ0n) is 31.1. The Morgan fingerprint density at radius 3 is 2.17 bits per heavy atom. The van der Waals surface area contributed by atoms with Gasteiger partial charge in [0.25, 0.3) is 0 Å². The number of fused-ring (bicyclic) bond motifs is 7. The van der Waals surface area contributed by atoms with Crippen LogP contribution in [0.4, 0.5) is 0 Å². The molecule has 0 aromatic heterocycles. The van der Waals surface area contributed by atoms with Crippen molar-refractivity contribution in [2.24, 2.45) is 62.1 Å². The summed E-state index contributed by atoms with van der Waals surface area (Å²) >= 11 is 0. The number of hydrogen-bond donors (Lipinski definition) is 0.